The second-order valence-corrected chi connectivity index (χ2v) is 5.92. The van der Waals surface area contributed by atoms with E-state index in [0.717, 1.165) is 22.3 Å². The van der Waals surface area contributed by atoms with E-state index in [1.807, 2.05) is 44.2 Å². The van der Waals surface area contributed by atoms with Crippen LogP contribution in [0.25, 0.3) is 6.08 Å². The molecule has 0 fully saturated rings. The van der Waals surface area contributed by atoms with Gasteiger partial charge in [-0.3, -0.25) is 0 Å². The standard InChI is InChI=1S/C20H18ClNO3/c1-13-8-14(2)17(12-25-19-7-5-4-6-18(19)21)10-15(13)9-16(11-22)20(23)24-3/h4-10H,12H2,1-3H3/b16-9+. The van der Waals surface area contributed by atoms with Gasteiger partial charge >= 0.3 is 5.97 Å². The first-order valence-electron chi connectivity index (χ1n) is 7.63. The first kappa shape index (κ1) is 18.6. The molecule has 0 saturated carbocycles. The molecule has 0 amide bonds. The molecule has 0 unspecified atom stereocenters. The van der Waals surface area contributed by atoms with Crippen molar-refractivity contribution in [2.75, 3.05) is 7.11 Å². The van der Waals surface area contributed by atoms with Crippen molar-refractivity contribution in [1.82, 2.24) is 0 Å². The molecule has 4 nitrogen and oxygen atoms in total. The van der Waals surface area contributed by atoms with Gasteiger partial charge in [0.05, 0.1) is 12.1 Å². The SMILES string of the molecule is COC(=O)/C(C#N)=C/c1cc(COc2ccccc2Cl)c(C)cc1C. The number of esters is 1. The van der Waals surface area contributed by atoms with Crippen LogP contribution in [0.15, 0.2) is 42.0 Å². The molecule has 128 valence electrons. The molecule has 2 aromatic carbocycles. The number of hydrogen-bond acceptors (Lipinski definition) is 4. The Labute approximate surface area is 152 Å². The molecule has 0 atom stereocenters. The summed E-state index contributed by atoms with van der Waals surface area (Å²) >= 11 is 6.10. The van der Waals surface area contributed by atoms with Gasteiger partial charge in [-0.25, -0.2) is 4.79 Å². The minimum absolute atomic E-state index is 0.0487. The quantitative estimate of drug-likeness (QED) is 0.446. The highest BCUT2D eigenvalue weighted by molar-refractivity contribution is 6.32. The zero-order valence-corrected chi connectivity index (χ0v) is 15.1. The van der Waals surface area contributed by atoms with Crippen LogP contribution in [0.3, 0.4) is 0 Å². The molecule has 0 aliphatic heterocycles. The maximum atomic E-state index is 11.6. The molecule has 2 aromatic rings. The van der Waals surface area contributed by atoms with Gasteiger partial charge in [-0.05, 0) is 60.4 Å². The van der Waals surface area contributed by atoms with Crippen molar-refractivity contribution >= 4 is 23.6 Å². The summed E-state index contributed by atoms with van der Waals surface area (Å²) in [6.07, 6.45) is 1.53. The highest BCUT2D eigenvalue weighted by Crippen LogP contribution is 2.26. The van der Waals surface area contributed by atoms with Crippen molar-refractivity contribution in [2.24, 2.45) is 0 Å². The molecule has 0 saturated heterocycles. The largest absolute Gasteiger partial charge is 0.487 e. The van der Waals surface area contributed by atoms with Crippen LogP contribution in [0.1, 0.15) is 22.3 Å². The fourth-order valence-electron chi connectivity index (χ4n) is 2.35. The predicted molar refractivity (Wildman–Crippen MR) is 97.3 cm³/mol. The summed E-state index contributed by atoms with van der Waals surface area (Å²) < 4.78 is 10.4. The average Bonchev–Trinajstić information content (AvgIpc) is 2.60. The number of halogens is 1. The van der Waals surface area contributed by atoms with Crippen molar-refractivity contribution in [3.05, 3.63) is 69.2 Å². The molecular weight excluding hydrogens is 338 g/mol. The number of carbonyl (C=O) groups excluding carboxylic acids is 1. The third-order valence-electron chi connectivity index (χ3n) is 3.77. The zero-order valence-electron chi connectivity index (χ0n) is 14.3. The maximum Gasteiger partial charge on any atom is 0.348 e. The molecule has 0 aliphatic rings. The van der Waals surface area contributed by atoms with E-state index in [1.54, 1.807) is 12.1 Å². The lowest BCUT2D eigenvalue weighted by Crippen LogP contribution is -2.04. The van der Waals surface area contributed by atoms with Gasteiger partial charge in [0, 0.05) is 0 Å². The summed E-state index contributed by atoms with van der Waals surface area (Å²) in [6.45, 7) is 4.23. The van der Waals surface area contributed by atoms with Gasteiger partial charge in [-0.15, -0.1) is 0 Å². The Morgan fingerprint density at radius 2 is 1.96 bits per heavy atom. The Bertz CT molecular complexity index is 866. The Balaban J connectivity index is 2.32. The summed E-state index contributed by atoms with van der Waals surface area (Å²) in [5, 5.41) is 9.67. The van der Waals surface area contributed by atoms with E-state index in [-0.39, 0.29) is 5.57 Å². The van der Waals surface area contributed by atoms with Crippen molar-refractivity contribution in [3.8, 4) is 11.8 Å². The first-order valence-corrected chi connectivity index (χ1v) is 8.01. The summed E-state index contributed by atoms with van der Waals surface area (Å²) in [6, 6.07) is 13.0. The number of methoxy groups -OCH3 is 1. The third kappa shape index (κ3) is 4.62. The van der Waals surface area contributed by atoms with Crippen molar-refractivity contribution in [2.45, 2.75) is 20.5 Å². The molecule has 5 heteroatoms. The smallest absolute Gasteiger partial charge is 0.348 e. The van der Waals surface area contributed by atoms with Gasteiger partial charge in [0.1, 0.15) is 24.0 Å². The van der Waals surface area contributed by atoms with E-state index >= 15 is 0 Å². The van der Waals surface area contributed by atoms with Gasteiger partial charge in [0.15, 0.2) is 0 Å². The summed E-state index contributed by atoms with van der Waals surface area (Å²) in [5.41, 5.74) is 3.67. The van der Waals surface area contributed by atoms with Crippen LogP contribution in [0, 0.1) is 25.2 Å². The van der Waals surface area contributed by atoms with Crippen LogP contribution >= 0.6 is 11.6 Å². The maximum absolute atomic E-state index is 11.6. The van der Waals surface area contributed by atoms with Crippen molar-refractivity contribution in [1.29, 1.82) is 5.26 Å². The summed E-state index contributed by atoms with van der Waals surface area (Å²) in [4.78, 5) is 11.6. The Morgan fingerprint density at radius 1 is 1.24 bits per heavy atom. The van der Waals surface area contributed by atoms with E-state index in [0.29, 0.717) is 17.4 Å². The van der Waals surface area contributed by atoms with Crippen LogP contribution in [0.2, 0.25) is 5.02 Å². The first-order chi connectivity index (χ1) is 12.0. The lowest BCUT2D eigenvalue weighted by Gasteiger charge is -2.13. The number of benzene rings is 2. The monoisotopic (exact) mass is 355 g/mol. The molecule has 2 rings (SSSR count). The van der Waals surface area contributed by atoms with E-state index in [1.165, 1.54) is 13.2 Å². The minimum Gasteiger partial charge on any atom is -0.487 e. The fraction of sp³-hybridized carbons (Fsp3) is 0.200. The van der Waals surface area contributed by atoms with Gasteiger partial charge < -0.3 is 9.47 Å². The molecule has 0 aromatic heterocycles. The normalized spacial score (nSPS) is 10.9. The van der Waals surface area contributed by atoms with E-state index < -0.39 is 5.97 Å². The van der Waals surface area contributed by atoms with Gasteiger partial charge in [0.2, 0.25) is 0 Å². The minimum atomic E-state index is -0.656. The summed E-state index contributed by atoms with van der Waals surface area (Å²) in [5.74, 6) is -0.0511. The molecule has 0 bridgehead atoms. The second kappa shape index (κ2) is 8.36. The number of carbonyl (C=O) groups is 1. The van der Waals surface area contributed by atoms with Gasteiger partial charge in [0.25, 0.3) is 0 Å². The molecule has 0 spiro atoms. The second-order valence-electron chi connectivity index (χ2n) is 5.52. The number of nitriles is 1. The van der Waals surface area contributed by atoms with Gasteiger partial charge in [-0.2, -0.15) is 5.26 Å². The topological polar surface area (TPSA) is 59.3 Å². The zero-order chi connectivity index (χ0) is 18.4. The summed E-state index contributed by atoms with van der Waals surface area (Å²) in [7, 11) is 1.25. The Morgan fingerprint density at radius 3 is 2.60 bits per heavy atom. The van der Waals surface area contributed by atoms with Gasteiger partial charge in [-0.1, -0.05) is 29.8 Å². The van der Waals surface area contributed by atoms with Crippen LogP contribution in [0.5, 0.6) is 5.75 Å². The number of rotatable bonds is 5. The highest BCUT2D eigenvalue weighted by Gasteiger charge is 2.11. The molecule has 0 aliphatic carbocycles. The van der Waals surface area contributed by atoms with Crippen LogP contribution in [-0.4, -0.2) is 13.1 Å². The number of ether oxygens (including phenoxy) is 2. The lowest BCUT2D eigenvalue weighted by atomic mass is 9.98. The predicted octanol–water partition coefficient (Wildman–Crippen LogP) is 4.62. The van der Waals surface area contributed by atoms with Crippen LogP contribution in [0.4, 0.5) is 0 Å². The van der Waals surface area contributed by atoms with E-state index in [4.69, 9.17) is 21.6 Å². The van der Waals surface area contributed by atoms with E-state index in [2.05, 4.69) is 4.74 Å². The average molecular weight is 356 g/mol. The molecule has 25 heavy (non-hydrogen) atoms. The number of hydrogen-bond donors (Lipinski definition) is 0. The number of para-hydroxylation sites is 1. The van der Waals surface area contributed by atoms with Crippen molar-refractivity contribution in [3.63, 3.8) is 0 Å². The number of nitrogens with zero attached hydrogens (tertiary/aromatic N) is 1. The molecular formula is C20H18ClNO3. The third-order valence-corrected chi connectivity index (χ3v) is 4.08. The number of aryl methyl sites for hydroxylation is 2. The van der Waals surface area contributed by atoms with Crippen molar-refractivity contribution < 1.29 is 14.3 Å². The van der Waals surface area contributed by atoms with Crippen LogP contribution < -0.4 is 4.74 Å². The molecule has 0 N–H and O–H groups in total. The Kier molecular flexibility index (Phi) is 6.21. The Hall–Kier alpha value is -2.77. The fourth-order valence-corrected chi connectivity index (χ4v) is 2.54. The van der Waals surface area contributed by atoms with Crippen LogP contribution in [-0.2, 0) is 16.1 Å². The molecule has 0 radical (unpaired) electrons. The van der Waals surface area contributed by atoms with E-state index in [9.17, 15) is 4.79 Å². The molecule has 0 heterocycles. The lowest BCUT2D eigenvalue weighted by molar-refractivity contribution is -0.135. The highest BCUT2D eigenvalue weighted by atomic mass is 35.5.